The molecular formula is C17H13BrN4O2S. The van der Waals surface area contributed by atoms with Crippen LogP contribution in [0.3, 0.4) is 0 Å². The summed E-state index contributed by atoms with van der Waals surface area (Å²) in [5.74, 6) is 0. The van der Waals surface area contributed by atoms with Crippen molar-refractivity contribution >= 4 is 37.0 Å². The van der Waals surface area contributed by atoms with Crippen LogP contribution in [0, 0.1) is 0 Å². The zero-order chi connectivity index (χ0) is 17.6. The third-order valence-corrected chi connectivity index (χ3v) is 6.30. The first kappa shape index (κ1) is 16.0. The largest absolute Gasteiger partial charge is 0.275 e. The van der Waals surface area contributed by atoms with Crippen molar-refractivity contribution in [2.45, 2.75) is 4.90 Å². The molecule has 25 heavy (non-hydrogen) atoms. The fourth-order valence-electron chi connectivity index (χ4n) is 2.74. The summed E-state index contributed by atoms with van der Waals surface area (Å²) in [6.07, 6.45) is 4.99. The van der Waals surface area contributed by atoms with Crippen LogP contribution in [-0.4, -0.2) is 27.2 Å². The molecule has 0 aliphatic carbocycles. The Morgan fingerprint density at radius 1 is 1.12 bits per heavy atom. The van der Waals surface area contributed by atoms with Crippen LogP contribution in [0.1, 0.15) is 0 Å². The average molecular weight is 417 g/mol. The van der Waals surface area contributed by atoms with Crippen molar-refractivity contribution in [3.63, 3.8) is 0 Å². The van der Waals surface area contributed by atoms with Gasteiger partial charge in [-0.05, 0) is 40.2 Å². The summed E-state index contributed by atoms with van der Waals surface area (Å²) in [5, 5.41) is 4.88. The van der Waals surface area contributed by atoms with Crippen LogP contribution in [-0.2, 0) is 17.1 Å². The van der Waals surface area contributed by atoms with Gasteiger partial charge in [-0.1, -0.05) is 18.2 Å². The SMILES string of the molecule is Cn1cc(-c2cc3c(Br)ccnc3n2S(=O)(=O)c2ccccc2)cn1. The van der Waals surface area contributed by atoms with Gasteiger partial charge in [-0.15, -0.1) is 0 Å². The lowest BCUT2D eigenvalue weighted by Crippen LogP contribution is -2.14. The van der Waals surface area contributed by atoms with Gasteiger partial charge in [0.05, 0.1) is 16.8 Å². The van der Waals surface area contributed by atoms with E-state index in [9.17, 15) is 8.42 Å². The van der Waals surface area contributed by atoms with Crippen molar-refractivity contribution in [1.29, 1.82) is 0 Å². The van der Waals surface area contributed by atoms with E-state index < -0.39 is 10.0 Å². The maximum Gasteiger partial charge on any atom is 0.269 e. The van der Waals surface area contributed by atoms with Gasteiger partial charge in [0.25, 0.3) is 10.0 Å². The number of hydrogen-bond donors (Lipinski definition) is 0. The molecule has 0 N–H and O–H groups in total. The Bertz CT molecular complexity index is 1180. The molecule has 6 nitrogen and oxygen atoms in total. The van der Waals surface area contributed by atoms with E-state index in [1.807, 2.05) is 6.07 Å². The standard InChI is InChI=1S/C17H13BrN4O2S/c1-21-11-12(10-20-21)16-9-14-15(18)7-8-19-17(14)22(16)25(23,24)13-5-3-2-4-6-13/h2-11H,1H3. The van der Waals surface area contributed by atoms with Gasteiger partial charge >= 0.3 is 0 Å². The van der Waals surface area contributed by atoms with Crippen LogP contribution in [0.2, 0.25) is 0 Å². The molecule has 0 saturated heterocycles. The van der Waals surface area contributed by atoms with E-state index in [0.29, 0.717) is 16.9 Å². The molecule has 0 fully saturated rings. The molecule has 3 heterocycles. The van der Waals surface area contributed by atoms with E-state index in [1.165, 1.54) is 3.97 Å². The Hall–Kier alpha value is -2.45. The molecule has 0 spiro atoms. The van der Waals surface area contributed by atoms with Gasteiger partial charge in [0.1, 0.15) is 0 Å². The van der Waals surface area contributed by atoms with E-state index >= 15 is 0 Å². The predicted molar refractivity (Wildman–Crippen MR) is 98.7 cm³/mol. The number of benzene rings is 1. The highest BCUT2D eigenvalue weighted by Gasteiger charge is 2.25. The lowest BCUT2D eigenvalue weighted by atomic mass is 10.2. The molecule has 0 saturated carbocycles. The lowest BCUT2D eigenvalue weighted by molar-refractivity contribution is 0.589. The summed E-state index contributed by atoms with van der Waals surface area (Å²) in [4.78, 5) is 4.52. The van der Waals surface area contributed by atoms with Crippen LogP contribution in [0.25, 0.3) is 22.3 Å². The van der Waals surface area contributed by atoms with Crippen molar-refractivity contribution < 1.29 is 8.42 Å². The second-order valence-electron chi connectivity index (χ2n) is 5.54. The van der Waals surface area contributed by atoms with E-state index in [2.05, 4.69) is 26.0 Å². The summed E-state index contributed by atoms with van der Waals surface area (Å²) in [7, 11) is -2.02. The van der Waals surface area contributed by atoms with Crippen molar-refractivity contribution in [2.75, 3.05) is 0 Å². The van der Waals surface area contributed by atoms with Gasteiger partial charge in [-0.25, -0.2) is 17.4 Å². The van der Waals surface area contributed by atoms with Crippen molar-refractivity contribution in [1.82, 2.24) is 18.7 Å². The molecule has 0 unspecified atom stereocenters. The Labute approximate surface area is 152 Å². The normalized spacial score (nSPS) is 11.9. The zero-order valence-electron chi connectivity index (χ0n) is 13.2. The molecule has 0 aliphatic heterocycles. The minimum atomic E-state index is -3.81. The van der Waals surface area contributed by atoms with Crippen LogP contribution < -0.4 is 0 Å². The van der Waals surface area contributed by atoms with Gasteiger partial charge in [-0.3, -0.25) is 4.68 Å². The van der Waals surface area contributed by atoms with Crippen LogP contribution in [0.15, 0.2) is 70.4 Å². The minimum Gasteiger partial charge on any atom is -0.275 e. The number of aryl methyl sites for hydroxylation is 1. The number of hydrogen-bond acceptors (Lipinski definition) is 4. The average Bonchev–Trinajstić information content (AvgIpc) is 3.20. The number of aromatic nitrogens is 4. The van der Waals surface area contributed by atoms with E-state index in [1.54, 1.807) is 66.7 Å². The predicted octanol–water partition coefficient (Wildman–Crippen LogP) is 3.44. The molecule has 0 amide bonds. The third kappa shape index (κ3) is 2.58. The Morgan fingerprint density at radius 2 is 1.88 bits per heavy atom. The topological polar surface area (TPSA) is 69.8 Å². The molecule has 0 radical (unpaired) electrons. The second kappa shape index (κ2) is 5.82. The number of fused-ring (bicyclic) bond motifs is 1. The summed E-state index contributed by atoms with van der Waals surface area (Å²) in [6.45, 7) is 0. The first-order valence-corrected chi connectivity index (χ1v) is 9.67. The van der Waals surface area contributed by atoms with Crippen molar-refractivity contribution in [3.05, 3.63) is 65.5 Å². The zero-order valence-corrected chi connectivity index (χ0v) is 15.6. The Morgan fingerprint density at radius 3 is 2.56 bits per heavy atom. The molecule has 0 aliphatic rings. The lowest BCUT2D eigenvalue weighted by Gasteiger charge is -2.10. The summed E-state index contributed by atoms with van der Waals surface area (Å²) in [5.41, 5.74) is 1.59. The number of halogens is 1. The Balaban J connectivity index is 2.10. The maximum absolute atomic E-state index is 13.3. The fourth-order valence-corrected chi connectivity index (χ4v) is 4.65. The first-order chi connectivity index (χ1) is 12.0. The first-order valence-electron chi connectivity index (χ1n) is 7.44. The van der Waals surface area contributed by atoms with Gasteiger partial charge in [0.15, 0.2) is 5.65 Å². The summed E-state index contributed by atoms with van der Waals surface area (Å²) < 4.78 is 30.3. The molecule has 3 aromatic heterocycles. The van der Waals surface area contributed by atoms with E-state index in [-0.39, 0.29) is 4.90 Å². The molecule has 126 valence electrons. The number of nitrogens with zero attached hydrogens (tertiary/aromatic N) is 4. The number of pyridine rings is 1. The summed E-state index contributed by atoms with van der Waals surface area (Å²) in [6, 6.07) is 11.9. The van der Waals surface area contributed by atoms with Crippen LogP contribution in [0.5, 0.6) is 0 Å². The van der Waals surface area contributed by atoms with Crippen LogP contribution >= 0.6 is 15.9 Å². The quantitative estimate of drug-likeness (QED) is 0.512. The van der Waals surface area contributed by atoms with E-state index in [4.69, 9.17) is 0 Å². The van der Waals surface area contributed by atoms with Crippen molar-refractivity contribution in [3.8, 4) is 11.3 Å². The van der Waals surface area contributed by atoms with Crippen molar-refractivity contribution in [2.24, 2.45) is 7.05 Å². The molecule has 8 heteroatoms. The van der Waals surface area contributed by atoms with Crippen LogP contribution in [0.4, 0.5) is 0 Å². The third-order valence-electron chi connectivity index (χ3n) is 3.89. The highest BCUT2D eigenvalue weighted by molar-refractivity contribution is 9.10. The monoisotopic (exact) mass is 416 g/mol. The molecular weight excluding hydrogens is 404 g/mol. The molecule has 0 atom stereocenters. The molecule has 0 bridgehead atoms. The highest BCUT2D eigenvalue weighted by Crippen LogP contribution is 2.34. The second-order valence-corrected chi connectivity index (χ2v) is 8.19. The van der Waals surface area contributed by atoms with Gasteiger partial charge in [0.2, 0.25) is 0 Å². The number of rotatable bonds is 3. The minimum absolute atomic E-state index is 0.208. The molecule has 1 aromatic carbocycles. The summed E-state index contributed by atoms with van der Waals surface area (Å²) >= 11 is 3.48. The molecule has 4 rings (SSSR count). The van der Waals surface area contributed by atoms with E-state index in [0.717, 1.165) is 9.86 Å². The smallest absolute Gasteiger partial charge is 0.269 e. The van der Waals surface area contributed by atoms with Gasteiger partial charge < -0.3 is 0 Å². The fraction of sp³-hybridized carbons (Fsp3) is 0.0588. The van der Waals surface area contributed by atoms with Gasteiger partial charge in [0, 0.05) is 34.9 Å². The molecule has 4 aromatic rings. The Kier molecular flexibility index (Phi) is 3.73. The maximum atomic E-state index is 13.3. The highest BCUT2D eigenvalue weighted by atomic mass is 79.9. The van der Waals surface area contributed by atoms with Gasteiger partial charge in [-0.2, -0.15) is 5.10 Å².